The molecule has 0 fully saturated rings. The SMILES string of the molecule is Cc1ccc(NC(=O)c2ccc(N)c(O)c2)cc1. The Bertz CT molecular complexity index is 577. The molecule has 0 atom stereocenters. The van der Waals surface area contributed by atoms with Gasteiger partial charge in [-0.25, -0.2) is 0 Å². The van der Waals surface area contributed by atoms with Crippen molar-refractivity contribution in [2.45, 2.75) is 6.92 Å². The summed E-state index contributed by atoms with van der Waals surface area (Å²) < 4.78 is 0. The summed E-state index contributed by atoms with van der Waals surface area (Å²) in [6.45, 7) is 1.98. The van der Waals surface area contributed by atoms with Gasteiger partial charge in [-0.15, -0.1) is 0 Å². The van der Waals surface area contributed by atoms with E-state index in [0.29, 0.717) is 11.3 Å². The molecule has 0 bridgehead atoms. The van der Waals surface area contributed by atoms with Gasteiger partial charge in [-0.3, -0.25) is 4.79 Å². The fraction of sp³-hybridized carbons (Fsp3) is 0.0714. The highest BCUT2D eigenvalue weighted by molar-refractivity contribution is 6.04. The van der Waals surface area contributed by atoms with Crippen LogP contribution in [0.25, 0.3) is 0 Å². The summed E-state index contributed by atoms with van der Waals surface area (Å²) in [6.07, 6.45) is 0. The Morgan fingerprint density at radius 1 is 1.17 bits per heavy atom. The Balaban J connectivity index is 2.16. The molecule has 18 heavy (non-hydrogen) atoms. The molecular formula is C14H14N2O2. The Hall–Kier alpha value is -2.49. The van der Waals surface area contributed by atoms with Gasteiger partial charge in [-0.1, -0.05) is 17.7 Å². The molecule has 4 N–H and O–H groups in total. The molecule has 0 heterocycles. The van der Waals surface area contributed by atoms with Crippen LogP contribution in [0.3, 0.4) is 0 Å². The summed E-state index contributed by atoms with van der Waals surface area (Å²) in [6, 6.07) is 11.9. The highest BCUT2D eigenvalue weighted by atomic mass is 16.3. The molecule has 0 saturated carbocycles. The van der Waals surface area contributed by atoms with Gasteiger partial charge in [0.25, 0.3) is 5.91 Å². The largest absolute Gasteiger partial charge is 0.506 e. The zero-order chi connectivity index (χ0) is 13.1. The van der Waals surface area contributed by atoms with Crippen LogP contribution in [0.15, 0.2) is 42.5 Å². The van der Waals surface area contributed by atoms with Gasteiger partial charge in [0.05, 0.1) is 5.69 Å². The van der Waals surface area contributed by atoms with Crippen molar-refractivity contribution in [3.05, 3.63) is 53.6 Å². The zero-order valence-corrected chi connectivity index (χ0v) is 9.97. The maximum atomic E-state index is 11.9. The van der Waals surface area contributed by atoms with Crippen LogP contribution in [0.2, 0.25) is 0 Å². The van der Waals surface area contributed by atoms with Crippen molar-refractivity contribution in [1.82, 2.24) is 0 Å². The Morgan fingerprint density at radius 2 is 1.83 bits per heavy atom. The third-order valence-electron chi connectivity index (χ3n) is 2.60. The van der Waals surface area contributed by atoms with E-state index in [4.69, 9.17) is 5.73 Å². The predicted molar refractivity (Wildman–Crippen MR) is 71.7 cm³/mol. The lowest BCUT2D eigenvalue weighted by Crippen LogP contribution is -2.11. The molecule has 0 aliphatic carbocycles. The number of amides is 1. The van der Waals surface area contributed by atoms with Crippen LogP contribution in [0.5, 0.6) is 5.75 Å². The molecule has 2 aromatic carbocycles. The maximum Gasteiger partial charge on any atom is 0.255 e. The number of aryl methyl sites for hydroxylation is 1. The van der Waals surface area contributed by atoms with Crippen molar-refractivity contribution in [1.29, 1.82) is 0 Å². The summed E-state index contributed by atoms with van der Waals surface area (Å²) in [5.74, 6) is -0.374. The number of anilines is 2. The van der Waals surface area contributed by atoms with Gasteiger partial charge in [-0.2, -0.15) is 0 Å². The third-order valence-corrected chi connectivity index (χ3v) is 2.60. The van der Waals surface area contributed by atoms with Gasteiger partial charge in [0.15, 0.2) is 0 Å². The van der Waals surface area contributed by atoms with E-state index in [-0.39, 0.29) is 17.3 Å². The number of hydrogen-bond donors (Lipinski definition) is 3. The lowest BCUT2D eigenvalue weighted by atomic mass is 10.1. The molecule has 0 radical (unpaired) electrons. The predicted octanol–water partition coefficient (Wildman–Crippen LogP) is 2.54. The standard InChI is InChI=1S/C14H14N2O2/c1-9-2-5-11(6-3-9)16-14(18)10-4-7-12(15)13(17)8-10/h2-8,17H,15H2,1H3,(H,16,18). The van der Waals surface area contributed by atoms with Crippen molar-refractivity contribution in [2.75, 3.05) is 11.1 Å². The summed E-state index contributed by atoms with van der Waals surface area (Å²) in [4.78, 5) is 11.9. The summed E-state index contributed by atoms with van der Waals surface area (Å²) >= 11 is 0. The molecule has 1 amide bonds. The molecule has 0 unspecified atom stereocenters. The van der Waals surface area contributed by atoms with Crippen molar-refractivity contribution in [3.8, 4) is 5.75 Å². The van der Waals surface area contributed by atoms with Crippen LogP contribution in [0.4, 0.5) is 11.4 Å². The van der Waals surface area contributed by atoms with Gasteiger partial charge >= 0.3 is 0 Å². The lowest BCUT2D eigenvalue weighted by Gasteiger charge is -2.06. The van der Waals surface area contributed by atoms with Gasteiger partial charge in [-0.05, 0) is 37.3 Å². The number of rotatable bonds is 2. The molecule has 2 rings (SSSR count). The number of benzene rings is 2. The molecule has 0 spiro atoms. The molecule has 0 aromatic heterocycles. The average Bonchev–Trinajstić information content (AvgIpc) is 2.35. The van der Waals surface area contributed by atoms with E-state index in [1.54, 1.807) is 6.07 Å². The molecule has 2 aromatic rings. The number of phenols is 1. The number of nitrogen functional groups attached to an aromatic ring is 1. The zero-order valence-electron chi connectivity index (χ0n) is 9.97. The van der Waals surface area contributed by atoms with Gasteiger partial charge in [0.1, 0.15) is 5.75 Å². The molecule has 0 aliphatic heterocycles. The first-order chi connectivity index (χ1) is 8.56. The fourth-order valence-electron chi connectivity index (χ4n) is 1.53. The van der Waals surface area contributed by atoms with Crippen LogP contribution in [-0.4, -0.2) is 11.0 Å². The maximum absolute atomic E-state index is 11.9. The van der Waals surface area contributed by atoms with Gasteiger partial charge < -0.3 is 16.2 Å². The highest BCUT2D eigenvalue weighted by Crippen LogP contribution is 2.21. The number of nitrogens with one attached hydrogen (secondary N) is 1. The molecule has 4 nitrogen and oxygen atoms in total. The topological polar surface area (TPSA) is 75.4 Å². The third kappa shape index (κ3) is 2.60. The number of nitrogens with two attached hydrogens (primary N) is 1. The first kappa shape index (κ1) is 12.0. The van der Waals surface area contributed by atoms with Crippen molar-refractivity contribution >= 4 is 17.3 Å². The lowest BCUT2D eigenvalue weighted by molar-refractivity contribution is 0.102. The summed E-state index contributed by atoms with van der Waals surface area (Å²) in [5.41, 5.74) is 7.92. The Labute approximate surface area is 105 Å². The van der Waals surface area contributed by atoms with E-state index >= 15 is 0 Å². The van der Waals surface area contributed by atoms with E-state index in [1.807, 2.05) is 31.2 Å². The normalized spacial score (nSPS) is 10.1. The minimum Gasteiger partial charge on any atom is -0.506 e. The Kier molecular flexibility index (Phi) is 3.19. The first-order valence-electron chi connectivity index (χ1n) is 5.53. The summed E-state index contributed by atoms with van der Waals surface area (Å²) in [5, 5.41) is 12.2. The average molecular weight is 242 g/mol. The van der Waals surface area contributed by atoms with E-state index in [1.165, 1.54) is 12.1 Å². The number of aromatic hydroxyl groups is 1. The molecule has 0 aliphatic rings. The second kappa shape index (κ2) is 4.79. The molecular weight excluding hydrogens is 228 g/mol. The quantitative estimate of drug-likeness (QED) is 0.559. The molecule has 0 saturated heterocycles. The number of phenolic OH excluding ortho intramolecular Hbond substituents is 1. The van der Waals surface area contributed by atoms with Crippen LogP contribution < -0.4 is 11.1 Å². The number of carbonyl (C=O) groups is 1. The fourth-order valence-corrected chi connectivity index (χ4v) is 1.53. The minimum atomic E-state index is -0.283. The van der Waals surface area contributed by atoms with Crippen LogP contribution in [0.1, 0.15) is 15.9 Å². The number of hydrogen-bond acceptors (Lipinski definition) is 3. The smallest absolute Gasteiger partial charge is 0.255 e. The second-order valence-corrected chi connectivity index (χ2v) is 4.09. The van der Waals surface area contributed by atoms with E-state index < -0.39 is 0 Å². The highest BCUT2D eigenvalue weighted by Gasteiger charge is 2.08. The van der Waals surface area contributed by atoms with Gasteiger partial charge in [0, 0.05) is 11.3 Å². The van der Waals surface area contributed by atoms with Crippen LogP contribution >= 0.6 is 0 Å². The number of carbonyl (C=O) groups excluding carboxylic acids is 1. The van der Waals surface area contributed by atoms with E-state index in [9.17, 15) is 9.90 Å². The second-order valence-electron chi connectivity index (χ2n) is 4.09. The Morgan fingerprint density at radius 3 is 2.44 bits per heavy atom. The van der Waals surface area contributed by atoms with Crippen LogP contribution in [0, 0.1) is 6.92 Å². The van der Waals surface area contributed by atoms with Gasteiger partial charge in [0.2, 0.25) is 0 Å². The summed E-state index contributed by atoms with van der Waals surface area (Å²) in [7, 11) is 0. The van der Waals surface area contributed by atoms with Crippen LogP contribution in [-0.2, 0) is 0 Å². The monoisotopic (exact) mass is 242 g/mol. The molecule has 4 heteroatoms. The van der Waals surface area contributed by atoms with Crippen molar-refractivity contribution in [3.63, 3.8) is 0 Å². The van der Waals surface area contributed by atoms with E-state index in [0.717, 1.165) is 5.56 Å². The molecule has 92 valence electrons. The van der Waals surface area contributed by atoms with Crippen molar-refractivity contribution in [2.24, 2.45) is 0 Å². The first-order valence-corrected chi connectivity index (χ1v) is 5.53. The van der Waals surface area contributed by atoms with E-state index in [2.05, 4.69) is 5.32 Å². The van der Waals surface area contributed by atoms with Crippen molar-refractivity contribution < 1.29 is 9.90 Å². The minimum absolute atomic E-state index is 0.0912.